The van der Waals surface area contributed by atoms with Crippen LogP contribution in [0.25, 0.3) is 0 Å². The van der Waals surface area contributed by atoms with Crippen LogP contribution in [0.4, 0.5) is 5.69 Å². The number of halogens is 2. The average molecular weight is 545 g/mol. The third-order valence-electron chi connectivity index (χ3n) is 5.09. The van der Waals surface area contributed by atoms with E-state index in [1.165, 1.54) is 18.1 Å². The highest BCUT2D eigenvalue weighted by Gasteiger charge is 2.32. The van der Waals surface area contributed by atoms with E-state index in [0.29, 0.717) is 15.6 Å². The number of para-hydroxylation sites is 2. The minimum Gasteiger partial charge on any atom is -0.495 e. The van der Waals surface area contributed by atoms with Gasteiger partial charge < -0.3 is 15.0 Å². The number of amides is 2. The second-order valence-corrected chi connectivity index (χ2v) is 11.8. The summed E-state index contributed by atoms with van der Waals surface area (Å²) in [6.07, 6.45) is 0.998. The predicted molar refractivity (Wildman–Crippen MR) is 140 cm³/mol. The standard InChI is InChI=1S/C24H31Cl2N3O5S/c1-16(23(31)27-24(2,3)4)28(14-17-18(25)10-9-11-19(17)26)22(30)15-29(35(6,32)33)20-12-7-8-13-21(20)34-5/h7-13,16H,14-15H2,1-6H3,(H,27,31)/t16-/m0/s1. The molecule has 0 radical (unpaired) electrons. The molecule has 0 aliphatic heterocycles. The summed E-state index contributed by atoms with van der Waals surface area (Å²) in [6, 6.07) is 10.4. The zero-order valence-electron chi connectivity index (χ0n) is 20.6. The molecule has 0 heterocycles. The molecule has 0 saturated heterocycles. The Balaban J connectivity index is 2.51. The van der Waals surface area contributed by atoms with E-state index < -0.39 is 40.0 Å². The van der Waals surface area contributed by atoms with E-state index in [-0.39, 0.29) is 18.0 Å². The van der Waals surface area contributed by atoms with E-state index in [2.05, 4.69) is 5.32 Å². The summed E-state index contributed by atoms with van der Waals surface area (Å²) in [6.45, 7) is 6.37. The van der Waals surface area contributed by atoms with Gasteiger partial charge in [-0.15, -0.1) is 0 Å². The molecular weight excluding hydrogens is 513 g/mol. The maximum absolute atomic E-state index is 13.6. The van der Waals surface area contributed by atoms with Gasteiger partial charge in [-0.1, -0.05) is 41.4 Å². The van der Waals surface area contributed by atoms with Crippen molar-refractivity contribution < 1.29 is 22.7 Å². The summed E-state index contributed by atoms with van der Waals surface area (Å²) in [5, 5.41) is 3.50. The van der Waals surface area contributed by atoms with Crippen LogP contribution in [0.2, 0.25) is 10.0 Å². The summed E-state index contributed by atoms with van der Waals surface area (Å²) >= 11 is 12.7. The second kappa shape index (κ2) is 11.5. The molecule has 0 fully saturated rings. The van der Waals surface area contributed by atoms with E-state index in [9.17, 15) is 18.0 Å². The maximum atomic E-state index is 13.6. The van der Waals surface area contributed by atoms with Crippen molar-refractivity contribution in [3.63, 3.8) is 0 Å². The molecule has 0 spiro atoms. The monoisotopic (exact) mass is 543 g/mol. The molecule has 1 N–H and O–H groups in total. The van der Waals surface area contributed by atoms with Crippen LogP contribution >= 0.6 is 23.2 Å². The van der Waals surface area contributed by atoms with E-state index in [0.717, 1.165) is 10.6 Å². The normalized spacial score (nSPS) is 12.6. The first kappa shape index (κ1) is 28.7. The Morgan fingerprint density at radius 3 is 2.14 bits per heavy atom. The van der Waals surface area contributed by atoms with Gasteiger partial charge in [0, 0.05) is 27.7 Å². The third kappa shape index (κ3) is 7.75. The molecule has 2 aromatic carbocycles. The number of anilines is 1. The Morgan fingerprint density at radius 2 is 1.63 bits per heavy atom. The number of methoxy groups -OCH3 is 1. The first-order valence-corrected chi connectivity index (χ1v) is 13.4. The molecule has 0 aliphatic carbocycles. The third-order valence-corrected chi connectivity index (χ3v) is 6.92. The molecule has 35 heavy (non-hydrogen) atoms. The largest absolute Gasteiger partial charge is 0.495 e. The molecule has 2 aromatic rings. The number of nitrogens with zero attached hydrogens (tertiary/aromatic N) is 2. The highest BCUT2D eigenvalue weighted by atomic mass is 35.5. The van der Waals surface area contributed by atoms with Crippen LogP contribution in [0.3, 0.4) is 0 Å². The van der Waals surface area contributed by atoms with Gasteiger partial charge in [-0.05, 0) is 52.0 Å². The van der Waals surface area contributed by atoms with Crippen molar-refractivity contribution in [3.8, 4) is 5.75 Å². The molecular formula is C24H31Cl2N3O5S. The van der Waals surface area contributed by atoms with Crippen LogP contribution in [0, 0.1) is 0 Å². The number of carbonyl (C=O) groups excluding carboxylic acids is 2. The van der Waals surface area contributed by atoms with Crippen LogP contribution in [-0.2, 0) is 26.2 Å². The lowest BCUT2D eigenvalue weighted by molar-refractivity contribution is -0.140. The summed E-state index contributed by atoms with van der Waals surface area (Å²) in [5.74, 6) is -0.740. The highest BCUT2D eigenvalue weighted by molar-refractivity contribution is 7.92. The summed E-state index contributed by atoms with van der Waals surface area (Å²) in [4.78, 5) is 27.9. The van der Waals surface area contributed by atoms with E-state index in [4.69, 9.17) is 27.9 Å². The molecule has 0 aromatic heterocycles. The fourth-order valence-corrected chi connectivity index (χ4v) is 4.71. The SMILES string of the molecule is COc1ccccc1N(CC(=O)N(Cc1c(Cl)cccc1Cl)[C@@H](C)C(=O)NC(C)(C)C)S(C)(=O)=O. The molecule has 0 saturated carbocycles. The molecule has 1 atom stereocenters. The lowest BCUT2D eigenvalue weighted by Crippen LogP contribution is -2.54. The van der Waals surface area contributed by atoms with E-state index in [1.54, 1.807) is 43.3 Å². The molecule has 0 bridgehead atoms. The number of carbonyl (C=O) groups is 2. The van der Waals surface area contributed by atoms with Crippen molar-refractivity contribution >= 4 is 50.7 Å². The molecule has 8 nitrogen and oxygen atoms in total. The van der Waals surface area contributed by atoms with Crippen LogP contribution < -0.4 is 14.4 Å². The van der Waals surface area contributed by atoms with Crippen molar-refractivity contribution in [2.45, 2.75) is 45.8 Å². The van der Waals surface area contributed by atoms with Gasteiger partial charge in [0.1, 0.15) is 18.3 Å². The number of rotatable bonds is 9. The molecule has 2 amide bonds. The molecule has 2 rings (SSSR count). The first-order chi connectivity index (χ1) is 16.2. The van der Waals surface area contributed by atoms with Crippen LogP contribution in [0.5, 0.6) is 5.75 Å². The van der Waals surface area contributed by atoms with Gasteiger partial charge in [-0.25, -0.2) is 8.42 Å². The van der Waals surface area contributed by atoms with Gasteiger partial charge in [-0.2, -0.15) is 0 Å². The van der Waals surface area contributed by atoms with Gasteiger partial charge in [0.25, 0.3) is 0 Å². The van der Waals surface area contributed by atoms with Crippen molar-refractivity contribution in [1.29, 1.82) is 0 Å². The topological polar surface area (TPSA) is 96.0 Å². The van der Waals surface area contributed by atoms with Crippen LogP contribution in [0.1, 0.15) is 33.3 Å². The maximum Gasteiger partial charge on any atom is 0.244 e. The Kier molecular flexibility index (Phi) is 9.44. The van der Waals surface area contributed by atoms with E-state index in [1.807, 2.05) is 20.8 Å². The molecule has 0 aliphatic rings. The Hall–Kier alpha value is -2.49. The summed E-state index contributed by atoms with van der Waals surface area (Å²) in [7, 11) is -2.48. The Bertz CT molecular complexity index is 1160. The fourth-order valence-electron chi connectivity index (χ4n) is 3.34. The zero-order chi connectivity index (χ0) is 26.6. The minimum atomic E-state index is -3.89. The lowest BCUT2D eigenvalue weighted by Gasteiger charge is -2.33. The Morgan fingerprint density at radius 1 is 1.06 bits per heavy atom. The van der Waals surface area contributed by atoms with Crippen molar-refractivity contribution in [2.75, 3.05) is 24.2 Å². The van der Waals surface area contributed by atoms with Gasteiger partial charge >= 0.3 is 0 Å². The minimum absolute atomic E-state index is 0.0976. The number of ether oxygens (including phenoxy) is 1. The van der Waals surface area contributed by atoms with Crippen molar-refractivity contribution in [1.82, 2.24) is 10.2 Å². The molecule has 0 unspecified atom stereocenters. The average Bonchev–Trinajstić information content (AvgIpc) is 2.74. The van der Waals surface area contributed by atoms with Crippen molar-refractivity contribution in [3.05, 3.63) is 58.1 Å². The number of hydrogen-bond donors (Lipinski definition) is 1. The summed E-state index contributed by atoms with van der Waals surface area (Å²) in [5.41, 5.74) is 0.106. The van der Waals surface area contributed by atoms with Gasteiger partial charge in [0.15, 0.2) is 0 Å². The Labute approximate surface area is 217 Å². The number of nitrogens with one attached hydrogen (secondary N) is 1. The fraction of sp³-hybridized carbons (Fsp3) is 0.417. The number of hydrogen-bond acceptors (Lipinski definition) is 5. The zero-order valence-corrected chi connectivity index (χ0v) is 23.0. The lowest BCUT2D eigenvalue weighted by atomic mass is 10.1. The van der Waals surface area contributed by atoms with Gasteiger partial charge in [0.05, 0.1) is 19.1 Å². The first-order valence-electron chi connectivity index (χ1n) is 10.8. The smallest absolute Gasteiger partial charge is 0.244 e. The van der Waals surface area contributed by atoms with E-state index >= 15 is 0 Å². The van der Waals surface area contributed by atoms with Gasteiger partial charge in [0.2, 0.25) is 21.8 Å². The number of sulfonamides is 1. The van der Waals surface area contributed by atoms with Crippen LogP contribution in [0.15, 0.2) is 42.5 Å². The van der Waals surface area contributed by atoms with Gasteiger partial charge in [-0.3, -0.25) is 13.9 Å². The predicted octanol–water partition coefficient (Wildman–Crippen LogP) is 4.10. The highest BCUT2D eigenvalue weighted by Crippen LogP contribution is 2.30. The quantitative estimate of drug-likeness (QED) is 0.513. The van der Waals surface area contributed by atoms with Crippen molar-refractivity contribution in [2.24, 2.45) is 0 Å². The molecule has 11 heteroatoms. The number of benzene rings is 2. The molecule has 192 valence electrons. The van der Waals surface area contributed by atoms with Crippen LogP contribution in [-0.4, -0.2) is 56.6 Å². The summed E-state index contributed by atoms with van der Waals surface area (Å²) < 4.78 is 31.6. The second-order valence-electron chi connectivity index (χ2n) is 9.08.